The molecule has 1 aromatic heterocycles. The van der Waals surface area contributed by atoms with Gasteiger partial charge in [-0.15, -0.1) is 0 Å². The van der Waals surface area contributed by atoms with Gasteiger partial charge < -0.3 is 15.2 Å². The summed E-state index contributed by atoms with van der Waals surface area (Å²) in [6.07, 6.45) is 1.78. The van der Waals surface area contributed by atoms with Crippen LogP contribution in [0.1, 0.15) is 30.1 Å². The quantitative estimate of drug-likeness (QED) is 0.669. The molecular formula is C22H23NO2S. The minimum absolute atomic E-state index is 0.460. The average Bonchev–Trinajstić information content (AvgIpc) is 3.40. The summed E-state index contributed by atoms with van der Waals surface area (Å²) in [4.78, 5) is 0. The van der Waals surface area contributed by atoms with Gasteiger partial charge in [0.2, 0.25) is 0 Å². The summed E-state index contributed by atoms with van der Waals surface area (Å²) in [6.45, 7) is 1.79. The second-order valence-corrected chi connectivity index (χ2v) is 7.49. The van der Waals surface area contributed by atoms with Crippen molar-refractivity contribution in [2.75, 3.05) is 13.2 Å². The predicted octanol–water partition coefficient (Wildman–Crippen LogP) is 4.63. The molecule has 26 heavy (non-hydrogen) atoms. The van der Waals surface area contributed by atoms with Crippen molar-refractivity contribution in [1.82, 2.24) is 5.32 Å². The molecule has 0 spiro atoms. The number of aliphatic hydroxyl groups is 1. The zero-order valence-electron chi connectivity index (χ0n) is 14.6. The summed E-state index contributed by atoms with van der Waals surface area (Å²) in [5.41, 5.74) is 4.16. The van der Waals surface area contributed by atoms with Gasteiger partial charge in [0.15, 0.2) is 0 Å². The Hall–Kier alpha value is -2.14. The lowest BCUT2D eigenvalue weighted by molar-refractivity contribution is 0.220. The maximum atomic E-state index is 10.7. The van der Waals surface area contributed by atoms with E-state index >= 15 is 0 Å². The molecule has 0 radical (unpaired) electrons. The number of hydrogen-bond acceptors (Lipinski definition) is 4. The predicted molar refractivity (Wildman–Crippen MR) is 107 cm³/mol. The van der Waals surface area contributed by atoms with Crippen molar-refractivity contribution in [3.05, 3.63) is 76.5 Å². The molecule has 1 saturated heterocycles. The zero-order valence-corrected chi connectivity index (χ0v) is 15.4. The number of aliphatic hydroxyl groups excluding tert-OH is 1. The topological polar surface area (TPSA) is 41.5 Å². The van der Waals surface area contributed by atoms with Gasteiger partial charge in [0.05, 0.1) is 0 Å². The van der Waals surface area contributed by atoms with Gasteiger partial charge in [-0.05, 0) is 70.6 Å². The first kappa shape index (κ1) is 17.3. The van der Waals surface area contributed by atoms with Crippen molar-refractivity contribution < 1.29 is 9.84 Å². The third-order valence-electron chi connectivity index (χ3n) is 4.89. The molecule has 0 saturated carbocycles. The lowest BCUT2D eigenvalue weighted by atomic mass is 9.99. The van der Waals surface area contributed by atoms with Crippen molar-refractivity contribution in [2.45, 2.75) is 25.0 Å². The Labute approximate surface area is 158 Å². The van der Waals surface area contributed by atoms with Crippen molar-refractivity contribution in [1.29, 1.82) is 0 Å². The molecule has 1 aliphatic rings. The third-order valence-corrected chi connectivity index (χ3v) is 5.57. The van der Waals surface area contributed by atoms with Crippen molar-refractivity contribution in [2.24, 2.45) is 0 Å². The summed E-state index contributed by atoms with van der Waals surface area (Å²) in [5.74, 6) is 0.849. The standard InChI is InChI=1S/C22H23NO2S/c24-22(17-5-3-16(4-6-17)19-11-13-26-15-19)18-7-9-21(10-8-18)25-14-20-2-1-12-23-20/h3-11,13,15,20,22-24H,1-2,12,14H2. The van der Waals surface area contributed by atoms with Crippen LogP contribution in [-0.4, -0.2) is 24.3 Å². The Bertz CT molecular complexity index is 806. The van der Waals surface area contributed by atoms with Gasteiger partial charge in [-0.3, -0.25) is 0 Å². The maximum Gasteiger partial charge on any atom is 0.119 e. The van der Waals surface area contributed by atoms with Gasteiger partial charge in [-0.25, -0.2) is 0 Å². The highest BCUT2D eigenvalue weighted by molar-refractivity contribution is 7.08. The maximum absolute atomic E-state index is 10.7. The minimum Gasteiger partial charge on any atom is -0.492 e. The number of ether oxygens (including phenoxy) is 1. The minimum atomic E-state index is -0.628. The summed E-state index contributed by atoms with van der Waals surface area (Å²) < 4.78 is 5.84. The molecule has 3 nitrogen and oxygen atoms in total. The first-order valence-electron chi connectivity index (χ1n) is 9.06. The van der Waals surface area contributed by atoms with Crippen LogP contribution in [0.15, 0.2) is 65.4 Å². The molecule has 2 aromatic carbocycles. The van der Waals surface area contributed by atoms with Gasteiger partial charge >= 0.3 is 0 Å². The molecule has 134 valence electrons. The second kappa shape index (κ2) is 8.04. The number of thiophene rings is 1. The van der Waals surface area contributed by atoms with Crippen molar-refractivity contribution in [3.8, 4) is 16.9 Å². The van der Waals surface area contributed by atoms with E-state index < -0.39 is 6.10 Å². The average molecular weight is 365 g/mol. The largest absolute Gasteiger partial charge is 0.492 e. The lowest BCUT2D eigenvalue weighted by Crippen LogP contribution is -2.28. The summed E-state index contributed by atoms with van der Waals surface area (Å²) in [6, 6.07) is 18.4. The van der Waals surface area contributed by atoms with E-state index in [2.05, 4.69) is 34.3 Å². The molecule has 0 bridgehead atoms. The molecule has 3 aromatic rings. The van der Waals surface area contributed by atoms with Crippen LogP contribution in [0.25, 0.3) is 11.1 Å². The lowest BCUT2D eigenvalue weighted by Gasteiger charge is -2.15. The van der Waals surface area contributed by atoms with Crippen LogP contribution in [0.3, 0.4) is 0 Å². The Morgan fingerprint density at radius 1 is 1.00 bits per heavy atom. The summed E-state index contributed by atoms with van der Waals surface area (Å²) in [7, 11) is 0. The fraction of sp³-hybridized carbons (Fsp3) is 0.273. The van der Waals surface area contributed by atoms with Gasteiger partial charge in [0.1, 0.15) is 18.5 Å². The van der Waals surface area contributed by atoms with E-state index in [-0.39, 0.29) is 0 Å². The molecule has 2 unspecified atom stereocenters. The van der Waals surface area contributed by atoms with Gasteiger partial charge in [0.25, 0.3) is 0 Å². The van der Waals surface area contributed by atoms with E-state index in [9.17, 15) is 5.11 Å². The number of nitrogens with one attached hydrogen (secondary N) is 1. The fourth-order valence-electron chi connectivity index (χ4n) is 3.32. The Morgan fingerprint density at radius 3 is 2.35 bits per heavy atom. The highest BCUT2D eigenvalue weighted by atomic mass is 32.1. The molecule has 2 atom stereocenters. The van der Waals surface area contributed by atoms with Crippen LogP contribution in [0.2, 0.25) is 0 Å². The van der Waals surface area contributed by atoms with Crippen LogP contribution in [0.5, 0.6) is 5.75 Å². The first-order chi connectivity index (χ1) is 12.8. The smallest absolute Gasteiger partial charge is 0.119 e. The highest BCUT2D eigenvalue weighted by Crippen LogP contribution is 2.27. The number of rotatable bonds is 6. The monoisotopic (exact) mass is 365 g/mol. The molecule has 2 N–H and O–H groups in total. The van der Waals surface area contributed by atoms with Crippen molar-refractivity contribution >= 4 is 11.3 Å². The SMILES string of the molecule is OC(c1ccc(OCC2CCCN2)cc1)c1ccc(-c2ccsc2)cc1. The zero-order chi connectivity index (χ0) is 17.8. The van der Waals surface area contributed by atoms with E-state index in [0.717, 1.165) is 23.4 Å². The fourth-order valence-corrected chi connectivity index (χ4v) is 3.99. The Morgan fingerprint density at radius 2 is 1.73 bits per heavy atom. The normalized spacial score (nSPS) is 18.0. The molecule has 0 aliphatic carbocycles. The van der Waals surface area contributed by atoms with Crippen LogP contribution in [0, 0.1) is 0 Å². The number of hydrogen-bond donors (Lipinski definition) is 2. The van der Waals surface area contributed by atoms with Gasteiger partial charge in [0, 0.05) is 6.04 Å². The molecule has 1 aliphatic heterocycles. The first-order valence-corrected chi connectivity index (χ1v) is 10.0. The second-order valence-electron chi connectivity index (χ2n) is 6.71. The van der Waals surface area contributed by atoms with E-state index in [1.165, 1.54) is 24.0 Å². The van der Waals surface area contributed by atoms with Crippen LogP contribution < -0.4 is 10.1 Å². The van der Waals surface area contributed by atoms with E-state index in [4.69, 9.17) is 4.74 Å². The van der Waals surface area contributed by atoms with E-state index in [0.29, 0.717) is 12.6 Å². The summed E-state index contributed by atoms with van der Waals surface area (Å²) >= 11 is 1.69. The van der Waals surface area contributed by atoms with Gasteiger partial charge in [-0.1, -0.05) is 36.4 Å². The molecule has 4 heteroatoms. The van der Waals surface area contributed by atoms with E-state index in [1.807, 2.05) is 36.4 Å². The highest BCUT2D eigenvalue weighted by Gasteiger charge is 2.15. The molecule has 1 fully saturated rings. The molecule has 4 rings (SSSR count). The summed E-state index contributed by atoms with van der Waals surface area (Å²) in [5, 5.41) is 18.3. The van der Waals surface area contributed by atoms with Crippen LogP contribution in [-0.2, 0) is 0 Å². The van der Waals surface area contributed by atoms with Crippen LogP contribution >= 0.6 is 11.3 Å². The van der Waals surface area contributed by atoms with E-state index in [1.54, 1.807) is 11.3 Å². The molecular weight excluding hydrogens is 342 g/mol. The third kappa shape index (κ3) is 3.98. The van der Waals surface area contributed by atoms with Gasteiger partial charge in [-0.2, -0.15) is 11.3 Å². The Balaban J connectivity index is 1.40. The van der Waals surface area contributed by atoms with Crippen molar-refractivity contribution in [3.63, 3.8) is 0 Å². The molecule has 0 amide bonds. The Kier molecular flexibility index (Phi) is 5.34. The number of benzene rings is 2. The van der Waals surface area contributed by atoms with Crippen LogP contribution in [0.4, 0.5) is 0 Å². The molecule has 2 heterocycles.